The molecule has 0 spiro atoms. The summed E-state index contributed by atoms with van der Waals surface area (Å²) in [5, 5.41) is 5.42. The predicted octanol–water partition coefficient (Wildman–Crippen LogP) is 4.07. The summed E-state index contributed by atoms with van der Waals surface area (Å²) in [6.45, 7) is 2.10. The van der Waals surface area contributed by atoms with Crippen LogP contribution in [0.25, 0.3) is 0 Å². The molecule has 0 bridgehead atoms. The zero-order valence-electron chi connectivity index (χ0n) is 15.1. The molecule has 5 nitrogen and oxygen atoms in total. The van der Waals surface area contributed by atoms with Gasteiger partial charge in [0.2, 0.25) is 5.96 Å². The topological polar surface area (TPSA) is 66.4 Å². The molecule has 0 saturated carbocycles. The third-order valence-corrected chi connectivity index (χ3v) is 3.78. The fraction of sp³-hybridized carbons (Fsp3) is 0.0952. The quantitative estimate of drug-likeness (QED) is 0.530. The van der Waals surface area contributed by atoms with Gasteiger partial charge in [-0.25, -0.2) is 13.8 Å². The molecule has 1 heterocycles. The van der Waals surface area contributed by atoms with Crippen molar-refractivity contribution >= 4 is 17.6 Å². The number of nitrogens with one attached hydrogen (secondary N) is 2. The van der Waals surface area contributed by atoms with E-state index in [1.165, 1.54) is 0 Å². The van der Waals surface area contributed by atoms with E-state index in [2.05, 4.69) is 20.6 Å². The van der Waals surface area contributed by atoms with Gasteiger partial charge in [0, 0.05) is 29.7 Å². The van der Waals surface area contributed by atoms with Gasteiger partial charge in [0.15, 0.2) is 0 Å². The van der Waals surface area contributed by atoms with E-state index in [4.69, 9.17) is 0 Å². The fourth-order valence-electron chi connectivity index (χ4n) is 2.50. The van der Waals surface area contributed by atoms with Crippen LogP contribution < -0.4 is 10.6 Å². The van der Waals surface area contributed by atoms with Gasteiger partial charge < -0.3 is 5.32 Å². The minimum Gasteiger partial charge on any atom is -0.326 e. The highest BCUT2D eigenvalue weighted by Crippen LogP contribution is 2.13. The van der Waals surface area contributed by atoms with Gasteiger partial charge in [-0.05, 0) is 42.8 Å². The molecule has 0 unspecified atom stereocenters. The van der Waals surface area contributed by atoms with Crippen LogP contribution in [0.5, 0.6) is 0 Å². The first-order valence-electron chi connectivity index (χ1n) is 8.54. The summed E-state index contributed by atoms with van der Waals surface area (Å²) in [5.74, 6) is -1.79. The van der Waals surface area contributed by atoms with Crippen molar-refractivity contribution in [3.8, 4) is 0 Å². The minimum atomic E-state index is -0.737. The van der Waals surface area contributed by atoms with E-state index in [0.717, 1.165) is 29.3 Å². The molecule has 2 N–H and O–H groups in total. The summed E-state index contributed by atoms with van der Waals surface area (Å²) < 4.78 is 27.0. The number of hydrogen-bond acceptors (Lipinski definition) is 3. The van der Waals surface area contributed by atoms with E-state index in [0.29, 0.717) is 5.56 Å². The van der Waals surface area contributed by atoms with Crippen molar-refractivity contribution in [3.05, 3.63) is 95.3 Å². The van der Waals surface area contributed by atoms with Gasteiger partial charge in [-0.3, -0.25) is 15.1 Å². The van der Waals surface area contributed by atoms with Gasteiger partial charge in [0.25, 0.3) is 5.91 Å². The Labute approximate surface area is 161 Å². The van der Waals surface area contributed by atoms with Gasteiger partial charge in [-0.1, -0.05) is 23.8 Å². The summed E-state index contributed by atoms with van der Waals surface area (Å²) in [5.41, 5.74) is 2.33. The number of benzene rings is 2. The first-order valence-corrected chi connectivity index (χ1v) is 8.54. The highest BCUT2D eigenvalue weighted by molar-refractivity contribution is 6.10. The Morgan fingerprint density at radius 3 is 2.54 bits per heavy atom. The second-order valence-electron chi connectivity index (χ2n) is 6.13. The first kappa shape index (κ1) is 19.2. The van der Waals surface area contributed by atoms with Crippen molar-refractivity contribution in [1.82, 2.24) is 10.3 Å². The first-order chi connectivity index (χ1) is 13.5. The zero-order valence-corrected chi connectivity index (χ0v) is 15.1. The summed E-state index contributed by atoms with van der Waals surface area (Å²) >= 11 is 0. The lowest BCUT2D eigenvalue weighted by Crippen LogP contribution is -2.36. The number of carbonyl (C=O) groups excluding carboxylic acids is 1. The van der Waals surface area contributed by atoms with Gasteiger partial charge in [-0.15, -0.1) is 0 Å². The Bertz CT molecular complexity index is 986. The number of anilines is 1. The molecule has 1 aromatic heterocycles. The molecule has 142 valence electrons. The molecule has 3 rings (SSSR count). The van der Waals surface area contributed by atoms with Crippen LogP contribution in [0.3, 0.4) is 0 Å². The monoisotopic (exact) mass is 380 g/mol. The number of rotatable bonds is 4. The molecule has 0 aliphatic carbocycles. The van der Waals surface area contributed by atoms with Crippen LogP contribution in [0.15, 0.2) is 72.0 Å². The van der Waals surface area contributed by atoms with Gasteiger partial charge in [0.1, 0.15) is 11.6 Å². The molecule has 0 saturated heterocycles. The highest BCUT2D eigenvalue weighted by Gasteiger charge is 2.11. The van der Waals surface area contributed by atoms with Crippen LogP contribution in [-0.4, -0.2) is 16.9 Å². The number of nitrogens with zero attached hydrogens (tertiary/aromatic N) is 2. The lowest BCUT2D eigenvalue weighted by Gasteiger charge is -2.12. The molecule has 0 aliphatic heterocycles. The summed E-state index contributed by atoms with van der Waals surface area (Å²) in [4.78, 5) is 20.9. The number of halogens is 2. The smallest absolute Gasteiger partial charge is 0.257 e. The molecule has 0 radical (unpaired) electrons. The standard InChI is InChI=1S/C21H18F2N4O/c1-14-4-2-6-16(8-14)20(28)27-21(25-13-15-5-3-7-24-12-15)26-19-10-17(22)9-18(23)11-19/h2-12H,13H2,1H3,(H2,25,26,27,28). The second-order valence-corrected chi connectivity index (χ2v) is 6.13. The van der Waals surface area contributed by atoms with Gasteiger partial charge in [0.05, 0.1) is 6.54 Å². The molecule has 0 fully saturated rings. The van der Waals surface area contributed by atoms with Crippen molar-refractivity contribution in [2.45, 2.75) is 13.5 Å². The molecule has 1 amide bonds. The SMILES string of the molecule is Cc1cccc(C(=O)NC(=NCc2cccnc2)Nc2cc(F)cc(F)c2)c1. The number of aliphatic imine (C=N–C) groups is 1. The molecule has 3 aromatic rings. The van der Waals surface area contributed by atoms with Crippen LogP contribution in [0, 0.1) is 18.6 Å². The van der Waals surface area contributed by atoms with Crippen LogP contribution in [-0.2, 0) is 6.54 Å². The number of carbonyl (C=O) groups is 1. The third kappa shape index (κ3) is 5.44. The van der Waals surface area contributed by atoms with E-state index < -0.39 is 17.5 Å². The normalized spacial score (nSPS) is 11.2. The largest absolute Gasteiger partial charge is 0.326 e. The van der Waals surface area contributed by atoms with Crippen molar-refractivity contribution in [2.75, 3.05) is 5.32 Å². The maximum absolute atomic E-state index is 13.5. The van der Waals surface area contributed by atoms with E-state index in [-0.39, 0.29) is 18.2 Å². The zero-order chi connectivity index (χ0) is 19.9. The number of aromatic nitrogens is 1. The third-order valence-electron chi connectivity index (χ3n) is 3.78. The van der Waals surface area contributed by atoms with Crippen molar-refractivity contribution in [1.29, 1.82) is 0 Å². The van der Waals surface area contributed by atoms with Crippen molar-refractivity contribution in [3.63, 3.8) is 0 Å². The van der Waals surface area contributed by atoms with Crippen molar-refractivity contribution in [2.24, 2.45) is 4.99 Å². The maximum atomic E-state index is 13.5. The van der Waals surface area contributed by atoms with Crippen LogP contribution >= 0.6 is 0 Å². The van der Waals surface area contributed by atoms with E-state index in [1.807, 2.05) is 19.1 Å². The molecule has 0 atom stereocenters. The van der Waals surface area contributed by atoms with Crippen LogP contribution in [0.4, 0.5) is 14.5 Å². The fourth-order valence-corrected chi connectivity index (χ4v) is 2.50. The highest BCUT2D eigenvalue weighted by atomic mass is 19.1. The second kappa shape index (κ2) is 8.85. The van der Waals surface area contributed by atoms with Crippen molar-refractivity contribution < 1.29 is 13.6 Å². The molecule has 28 heavy (non-hydrogen) atoms. The van der Waals surface area contributed by atoms with Gasteiger partial charge >= 0.3 is 0 Å². The van der Waals surface area contributed by atoms with E-state index in [1.54, 1.807) is 36.7 Å². The number of aryl methyl sites for hydroxylation is 1. The lowest BCUT2D eigenvalue weighted by atomic mass is 10.1. The lowest BCUT2D eigenvalue weighted by molar-refractivity contribution is 0.0977. The number of guanidine groups is 1. The average molecular weight is 380 g/mol. The average Bonchev–Trinajstić information content (AvgIpc) is 2.66. The Hall–Kier alpha value is -3.61. The number of pyridine rings is 1. The summed E-state index contributed by atoms with van der Waals surface area (Å²) in [6, 6.07) is 13.6. The number of hydrogen-bond donors (Lipinski definition) is 2. The van der Waals surface area contributed by atoms with Crippen LogP contribution in [0.2, 0.25) is 0 Å². The van der Waals surface area contributed by atoms with E-state index >= 15 is 0 Å². The molecule has 0 aliphatic rings. The Morgan fingerprint density at radius 1 is 1.07 bits per heavy atom. The number of amides is 1. The van der Waals surface area contributed by atoms with Crippen LogP contribution in [0.1, 0.15) is 21.5 Å². The molecule has 2 aromatic carbocycles. The van der Waals surface area contributed by atoms with E-state index in [9.17, 15) is 13.6 Å². The van der Waals surface area contributed by atoms with Gasteiger partial charge in [-0.2, -0.15) is 0 Å². The summed E-state index contributed by atoms with van der Waals surface area (Å²) in [7, 11) is 0. The molecular weight excluding hydrogens is 362 g/mol. The minimum absolute atomic E-state index is 0.0698. The Kier molecular flexibility index (Phi) is 6.06. The Balaban J connectivity index is 1.83. The maximum Gasteiger partial charge on any atom is 0.257 e. The molecule has 7 heteroatoms. The summed E-state index contributed by atoms with van der Waals surface area (Å²) in [6.07, 6.45) is 3.28. The Morgan fingerprint density at radius 2 is 1.86 bits per heavy atom. The molecular formula is C21H18F2N4O. The predicted molar refractivity (Wildman–Crippen MR) is 104 cm³/mol.